The van der Waals surface area contributed by atoms with E-state index in [1.165, 1.54) is 28.4 Å². The molecule has 0 atom stereocenters. The summed E-state index contributed by atoms with van der Waals surface area (Å²) < 4.78 is 14.9. The number of aromatic nitrogens is 2. The molecule has 1 amide bonds. The van der Waals surface area contributed by atoms with Crippen LogP contribution in [-0.2, 0) is 0 Å². The first-order valence-corrected chi connectivity index (χ1v) is 9.15. The highest BCUT2D eigenvalue weighted by Crippen LogP contribution is 2.31. The summed E-state index contributed by atoms with van der Waals surface area (Å²) in [7, 11) is 0. The molecule has 2 aromatic heterocycles. The summed E-state index contributed by atoms with van der Waals surface area (Å²) in [6.45, 7) is 2.43. The lowest BCUT2D eigenvalue weighted by Crippen LogP contribution is -2.32. The van der Waals surface area contributed by atoms with Gasteiger partial charge in [0.2, 0.25) is 0 Å². The van der Waals surface area contributed by atoms with E-state index in [-0.39, 0.29) is 37.7 Å². The third-order valence-corrected chi connectivity index (χ3v) is 5.20. The Kier molecular flexibility index (Phi) is 5.49. The van der Waals surface area contributed by atoms with Crippen molar-refractivity contribution in [3.63, 3.8) is 0 Å². The molecule has 8 heteroatoms. The maximum Gasteiger partial charge on any atom is 0.264 e. The van der Waals surface area contributed by atoms with Crippen molar-refractivity contribution < 1.29 is 9.18 Å². The van der Waals surface area contributed by atoms with Gasteiger partial charge in [0.1, 0.15) is 10.6 Å². The zero-order valence-electron chi connectivity index (χ0n) is 14.6. The Bertz CT molecular complexity index is 1040. The number of amides is 1. The molecular formula is C19H16FN5OS. The molecule has 0 bridgehead atoms. The summed E-state index contributed by atoms with van der Waals surface area (Å²) in [5.74, 6) is -0.529. The van der Waals surface area contributed by atoms with Crippen LogP contribution in [0.3, 0.4) is 0 Å². The minimum absolute atomic E-state index is 0.202. The van der Waals surface area contributed by atoms with Gasteiger partial charge in [-0.1, -0.05) is 0 Å². The highest BCUT2D eigenvalue weighted by atomic mass is 32.1. The van der Waals surface area contributed by atoms with E-state index in [2.05, 4.69) is 5.10 Å². The van der Waals surface area contributed by atoms with Gasteiger partial charge in [-0.25, -0.2) is 9.07 Å². The van der Waals surface area contributed by atoms with E-state index in [0.29, 0.717) is 10.6 Å². The maximum atomic E-state index is 13.2. The number of rotatable bonds is 6. The maximum absolute atomic E-state index is 13.2. The van der Waals surface area contributed by atoms with Crippen LogP contribution in [0.1, 0.15) is 28.2 Å². The van der Waals surface area contributed by atoms with Gasteiger partial charge in [-0.2, -0.15) is 15.6 Å². The number of hydrogen-bond acceptors (Lipinski definition) is 5. The van der Waals surface area contributed by atoms with Crippen molar-refractivity contribution in [3.8, 4) is 17.8 Å². The molecule has 0 radical (unpaired) electrons. The van der Waals surface area contributed by atoms with Crippen LogP contribution in [0.2, 0.25) is 0 Å². The van der Waals surface area contributed by atoms with Gasteiger partial charge in [-0.05, 0) is 37.3 Å². The number of benzene rings is 1. The number of carbonyl (C=O) groups excluding carboxylic acids is 1. The SMILES string of the molecule is Cc1nn(-c2ccc(F)cc2)c2sc(C(=O)N(CCC#N)CCC#N)cc12. The fourth-order valence-electron chi connectivity index (χ4n) is 2.75. The Morgan fingerprint density at radius 3 is 2.44 bits per heavy atom. The predicted molar refractivity (Wildman–Crippen MR) is 100 cm³/mol. The molecule has 3 rings (SSSR count). The van der Waals surface area contributed by atoms with Crippen molar-refractivity contribution in [1.82, 2.24) is 14.7 Å². The average Bonchev–Trinajstić information content (AvgIpc) is 3.23. The first-order valence-electron chi connectivity index (χ1n) is 8.33. The van der Waals surface area contributed by atoms with Crippen LogP contribution in [0.4, 0.5) is 4.39 Å². The first kappa shape index (κ1) is 18.6. The van der Waals surface area contributed by atoms with E-state index in [9.17, 15) is 9.18 Å². The van der Waals surface area contributed by atoms with E-state index in [1.807, 2.05) is 19.1 Å². The number of nitriles is 2. The predicted octanol–water partition coefficient (Wildman–Crippen LogP) is 3.80. The minimum atomic E-state index is -0.327. The van der Waals surface area contributed by atoms with Gasteiger partial charge in [-0.15, -0.1) is 11.3 Å². The molecule has 0 unspecified atom stereocenters. The lowest BCUT2D eigenvalue weighted by molar-refractivity contribution is 0.0767. The molecule has 0 aliphatic heterocycles. The number of carbonyl (C=O) groups is 1. The number of halogens is 1. The third-order valence-electron chi connectivity index (χ3n) is 4.10. The summed E-state index contributed by atoms with van der Waals surface area (Å²) in [5.41, 5.74) is 1.48. The van der Waals surface area contributed by atoms with Gasteiger partial charge in [-0.3, -0.25) is 4.79 Å². The van der Waals surface area contributed by atoms with Crippen molar-refractivity contribution in [2.45, 2.75) is 19.8 Å². The van der Waals surface area contributed by atoms with E-state index >= 15 is 0 Å². The van der Waals surface area contributed by atoms with Crippen molar-refractivity contribution in [1.29, 1.82) is 10.5 Å². The van der Waals surface area contributed by atoms with Crippen LogP contribution < -0.4 is 0 Å². The van der Waals surface area contributed by atoms with Gasteiger partial charge in [0, 0.05) is 18.5 Å². The quantitative estimate of drug-likeness (QED) is 0.650. The lowest BCUT2D eigenvalue weighted by Gasteiger charge is -2.19. The molecule has 0 aliphatic carbocycles. The summed E-state index contributed by atoms with van der Waals surface area (Å²) in [4.78, 5) is 15.7. The molecule has 2 heterocycles. The second-order valence-corrected chi connectivity index (χ2v) is 6.94. The van der Waals surface area contributed by atoms with Gasteiger partial charge >= 0.3 is 0 Å². The van der Waals surface area contributed by atoms with E-state index in [0.717, 1.165) is 15.9 Å². The Balaban J connectivity index is 1.97. The number of thiophene rings is 1. The van der Waals surface area contributed by atoms with Crippen molar-refractivity contribution in [2.75, 3.05) is 13.1 Å². The smallest absolute Gasteiger partial charge is 0.264 e. The van der Waals surface area contributed by atoms with E-state index < -0.39 is 0 Å². The van der Waals surface area contributed by atoms with Crippen LogP contribution >= 0.6 is 11.3 Å². The Morgan fingerprint density at radius 1 is 1.22 bits per heavy atom. The van der Waals surface area contributed by atoms with Crippen LogP contribution in [0.25, 0.3) is 15.9 Å². The van der Waals surface area contributed by atoms with Crippen LogP contribution in [0.15, 0.2) is 30.3 Å². The lowest BCUT2D eigenvalue weighted by atomic mass is 10.2. The topological polar surface area (TPSA) is 85.7 Å². The van der Waals surface area contributed by atoms with E-state index in [4.69, 9.17) is 10.5 Å². The molecule has 0 spiro atoms. The fraction of sp³-hybridized carbons (Fsp3) is 0.263. The summed E-state index contributed by atoms with van der Waals surface area (Å²) >= 11 is 1.30. The molecule has 0 saturated heterocycles. The molecule has 0 fully saturated rings. The minimum Gasteiger partial charge on any atom is -0.336 e. The zero-order chi connectivity index (χ0) is 19.4. The molecule has 27 heavy (non-hydrogen) atoms. The number of fused-ring (bicyclic) bond motifs is 1. The number of hydrogen-bond donors (Lipinski definition) is 0. The van der Waals surface area contributed by atoms with Gasteiger partial charge in [0.05, 0.1) is 41.2 Å². The fourth-order valence-corrected chi connectivity index (χ4v) is 3.90. The Labute approximate surface area is 159 Å². The Morgan fingerprint density at radius 2 is 1.85 bits per heavy atom. The van der Waals surface area contributed by atoms with Crippen molar-refractivity contribution in [3.05, 3.63) is 46.7 Å². The molecule has 0 aliphatic rings. The third kappa shape index (κ3) is 3.81. The first-order chi connectivity index (χ1) is 13.0. The van der Waals surface area contributed by atoms with E-state index in [1.54, 1.807) is 22.9 Å². The summed E-state index contributed by atoms with van der Waals surface area (Å²) in [6, 6.07) is 11.8. The molecular weight excluding hydrogens is 365 g/mol. The zero-order valence-corrected chi connectivity index (χ0v) is 15.5. The average molecular weight is 381 g/mol. The van der Waals surface area contributed by atoms with Gasteiger partial charge < -0.3 is 4.90 Å². The van der Waals surface area contributed by atoms with Crippen LogP contribution in [0.5, 0.6) is 0 Å². The molecule has 6 nitrogen and oxygen atoms in total. The molecule has 136 valence electrons. The van der Waals surface area contributed by atoms with Crippen molar-refractivity contribution in [2.24, 2.45) is 0 Å². The molecule has 1 aromatic carbocycles. The highest BCUT2D eigenvalue weighted by Gasteiger charge is 2.21. The second kappa shape index (κ2) is 7.98. The largest absolute Gasteiger partial charge is 0.336 e. The summed E-state index contributed by atoms with van der Waals surface area (Å²) in [6.07, 6.45) is 0.425. The number of aryl methyl sites for hydroxylation is 1. The van der Waals surface area contributed by atoms with Gasteiger partial charge in [0.25, 0.3) is 5.91 Å². The molecule has 0 saturated carbocycles. The summed E-state index contributed by atoms with van der Waals surface area (Å²) in [5, 5.41) is 23.0. The van der Waals surface area contributed by atoms with Gasteiger partial charge in [0.15, 0.2) is 0 Å². The second-order valence-electron chi connectivity index (χ2n) is 5.91. The van der Waals surface area contributed by atoms with Crippen LogP contribution in [0, 0.1) is 35.4 Å². The van der Waals surface area contributed by atoms with Crippen molar-refractivity contribution >= 4 is 27.5 Å². The monoisotopic (exact) mass is 381 g/mol. The number of nitrogens with zero attached hydrogens (tertiary/aromatic N) is 5. The Hall–Kier alpha value is -3.23. The van der Waals surface area contributed by atoms with Crippen LogP contribution in [-0.4, -0.2) is 33.7 Å². The highest BCUT2D eigenvalue weighted by molar-refractivity contribution is 7.20. The normalized spacial score (nSPS) is 10.5. The molecule has 0 N–H and O–H groups in total. The molecule has 3 aromatic rings. The standard InChI is InChI=1S/C19H16FN5OS/c1-13-16-12-17(18(26)24(10-2-8-21)11-3-9-22)27-19(16)25(23-13)15-6-4-14(20)5-7-15/h4-7,12H,2-3,10-11H2,1H3.